The maximum atomic E-state index is 12.7. The summed E-state index contributed by atoms with van der Waals surface area (Å²) in [6.07, 6.45) is 3.60. The highest BCUT2D eigenvalue weighted by atomic mass is 32.1. The maximum absolute atomic E-state index is 12.7. The molecule has 2 N–H and O–H groups in total. The summed E-state index contributed by atoms with van der Waals surface area (Å²) in [7, 11) is 0. The van der Waals surface area contributed by atoms with Gasteiger partial charge in [-0.05, 0) is 39.0 Å². The summed E-state index contributed by atoms with van der Waals surface area (Å²) in [5.41, 5.74) is 5.98. The van der Waals surface area contributed by atoms with Gasteiger partial charge in [-0.3, -0.25) is 4.79 Å². The summed E-state index contributed by atoms with van der Waals surface area (Å²) >= 11 is 1.44. The van der Waals surface area contributed by atoms with E-state index in [0.29, 0.717) is 22.7 Å². The number of anilines is 2. The number of likely N-dealkylation sites (tertiary alicyclic amines) is 1. The van der Waals surface area contributed by atoms with Crippen LogP contribution in [-0.4, -0.2) is 41.5 Å². The van der Waals surface area contributed by atoms with Crippen molar-refractivity contribution in [3.8, 4) is 0 Å². The minimum Gasteiger partial charge on any atom is -0.382 e. The number of hydrogen-bond donors (Lipinski definition) is 1. The number of nitrogens with two attached hydrogens (primary N) is 1. The largest absolute Gasteiger partial charge is 0.382 e. The smallest absolute Gasteiger partial charge is 0.268 e. The summed E-state index contributed by atoms with van der Waals surface area (Å²) in [5.74, 6) is 1.19. The number of rotatable bonds is 4. The van der Waals surface area contributed by atoms with Gasteiger partial charge >= 0.3 is 0 Å². The highest BCUT2D eigenvalue weighted by Crippen LogP contribution is 2.39. The number of thiazole rings is 1. The number of hydrogen-bond acceptors (Lipinski definition) is 5. The fourth-order valence-corrected chi connectivity index (χ4v) is 4.48. The Bertz CT molecular complexity index is 511. The van der Waals surface area contributed by atoms with Gasteiger partial charge in [0.15, 0.2) is 5.13 Å². The number of piperidine rings is 1. The third-order valence-corrected chi connectivity index (χ3v) is 5.66. The summed E-state index contributed by atoms with van der Waals surface area (Å²) in [5, 5.41) is 0.861. The molecule has 0 spiro atoms. The van der Waals surface area contributed by atoms with Crippen molar-refractivity contribution in [1.29, 1.82) is 0 Å². The van der Waals surface area contributed by atoms with Crippen LogP contribution in [0.3, 0.4) is 0 Å². The third-order valence-electron chi connectivity index (χ3n) is 4.54. The molecule has 1 aliphatic carbocycles. The first-order valence-corrected chi connectivity index (χ1v) is 8.27. The molecule has 1 aliphatic heterocycles. The summed E-state index contributed by atoms with van der Waals surface area (Å²) in [6, 6.07) is 0.436. The highest BCUT2D eigenvalue weighted by molar-refractivity contribution is 7.18. The van der Waals surface area contributed by atoms with E-state index in [0.717, 1.165) is 31.2 Å². The molecule has 0 aromatic carbocycles. The minimum atomic E-state index is 0.0885. The Morgan fingerprint density at radius 3 is 2.75 bits per heavy atom. The van der Waals surface area contributed by atoms with Crippen LogP contribution in [0.4, 0.5) is 10.9 Å². The lowest BCUT2D eigenvalue weighted by Gasteiger charge is -2.26. The molecule has 1 amide bonds. The average Bonchev–Trinajstić information content (AvgIpc) is 3.14. The van der Waals surface area contributed by atoms with E-state index in [4.69, 9.17) is 5.73 Å². The molecule has 2 atom stereocenters. The van der Waals surface area contributed by atoms with Gasteiger partial charge in [-0.15, -0.1) is 0 Å². The molecule has 2 heterocycles. The molecule has 1 aromatic rings. The lowest BCUT2D eigenvalue weighted by molar-refractivity contribution is 0.0709. The molecule has 2 unspecified atom stereocenters. The van der Waals surface area contributed by atoms with Crippen molar-refractivity contribution in [2.45, 2.75) is 39.2 Å². The van der Waals surface area contributed by atoms with Crippen molar-refractivity contribution in [1.82, 2.24) is 9.88 Å². The number of carbonyl (C=O) groups excluding carboxylic acids is 1. The zero-order valence-corrected chi connectivity index (χ0v) is 12.9. The van der Waals surface area contributed by atoms with Gasteiger partial charge in [0.2, 0.25) is 0 Å². The number of fused-ring (bicyclic) bond motifs is 2. The first kappa shape index (κ1) is 13.7. The molecule has 6 heteroatoms. The van der Waals surface area contributed by atoms with Crippen LogP contribution in [0.5, 0.6) is 0 Å². The Labute approximate surface area is 123 Å². The Balaban J connectivity index is 1.81. The fourth-order valence-electron chi connectivity index (χ4n) is 3.41. The van der Waals surface area contributed by atoms with Crippen molar-refractivity contribution < 1.29 is 4.79 Å². The predicted octanol–water partition coefficient (Wildman–Crippen LogP) is 2.20. The molecule has 2 aliphatic rings. The monoisotopic (exact) mass is 294 g/mol. The topological polar surface area (TPSA) is 62.5 Å². The SMILES string of the molecule is CCN(CC)c1nc(N)c(C(=O)N2CC3CCC2C3)s1. The molecule has 0 radical (unpaired) electrons. The molecule has 1 aromatic heterocycles. The third kappa shape index (κ3) is 2.16. The zero-order chi connectivity index (χ0) is 14.3. The van der Waals surface area contributed by atoms with Crippen molar-refractivity contribution in [2.75, 3.05) is 30.3 Å². The number of carbonyl (C=O) groups is 1. The Kier molecular flexibility index (Phi) is 3.58. The second kappa shape index (κ2) is 5.24. The molecule has 110 valence electrons. The number of amides is 1. The van der Waals surface area contributed by atoms with E-state index in [1.807, 2.05) is 4.90 Å². The van der Waals surface area contributed by atoms with E-state index >= 15 is 0 Å². The van der Waals surface area contributed by atoms with Crippen LogP contribution in [0, 0.1) is 5.92 Å². The molecule has 20 heavy (non-hydrogen) atoms. The second-order valence-electron chi connectivity index (χ2n) is 5.67. The van der Waals surface area contributed by atoms with Crippen LogP contribution in [0.25, 0.3) is 0 Å². The number of aromatic nitrogens is 1. The van der Waals surface area contributed by atoms with Crippen molar-refractivity contribution >= 4 is 28.2 Å². The van der Waals surface area contributed by atoms with Gasteiger partial charge in [0.25, 0.3) is 5.91 Å². The van der Waals surface area contributed by atoms with E-state index in [2.05, 4.69) is 23.7 Å². The lowest BCUT2D eigenvalue weighted by Crippen LogP contribution is -2.37. The van der Waals surface area contributed by atoms with Crippen LogP contribution in [0.2, 0.25) is 0 Å². The van der Waals surface area contributed by atoms with Crippen LogP contribution < -0.4 is 10.6 Å². The van der Waals surface area contributed by atoms with Gasteiger partial charge in [0.05, 0.1) is 0 Å². The molecule has 2 bridgehead atoms. The van der Waals surface area contributed by atoms with E-state index in [1.54, 1.807) is 0 Å². The second-order valence-corrected chi connectivity index (χ2v) is 6.65. The predicted molar refractivity (Wildman–Crippen MR) is 82.3 cm³/mol. The van der Waals surface area contributed by atoms with E-state index in [-0.39, 0.29) is 5.91 Å². The number of nitrogen functional groups attached to an aromatic ring is 1. The molecular formula is C14H22N4OS. The van der Waals surface area contributed by atoms with Gasteiger partial charge < -0.3 is 15.5 Å². The minimum absolute atomic E-state index is 0.0885. The van der Waals surface area contributed by atoms with Crippen molar-refractivity contribution in [3.05, 3.63) is 4.88 Å². The van der Waals surface area contributed by atoms with Crippen LogP contribution in [0.15, 0.2) is 0 Å². The van der Waals surface area contributed by atoms with Crippen molar-refractivity contribution in [3.63, 3.8) is 0 Å². The maximum Gasteiger partial charge on any atom is 0.268 e. The Hall–Kier alpha value is -1.30. The van der Waals surface area contributed by atoms with E-state index in [9.17, 15) is 4.79 Å². The van der Waals surface area contributed by atoms with E-state index < -0.39 is 0 Å². The zero-order valence-electron chi connectivity index (χ0n) is 12.1. The molecule has 2 fully saturated rings. The van der Waals surface area contributed by atoms with E-state index in [1.165, 1.54) is 24.2 Å². The van der Waals surface area contributed by atoms with Gasteiger partial charge in [-0.2, -0.15) is 0 Å². The first-order valence-electron chi connectivity index (χ1n) is 7.46. The first-order chi connectivity index (χ1) is 9.63. The molecule has 3 rings (SSSR count). The van der Waals surface area contributed by atoms with Crippen LogP contribution in [0.1, 0.15) is 42.8 Å². The summed E-state index contributed by atoms with van der Waals surface area (Å²) in [6.45, 7) is 6.84. The molecule has 1 saturated heterocycles. The Morgan fingerprint density at radius 1 is 1.45 bits per heavy atom. The fraction of sp³-hybridized carbons (Fsp3) is 0.714. The normalized spacial score (nSPS) is 24.4. The Morgan fingerprint density at radius 2 is 2.20 bits per heavy atom. The quantitative estimate of drug-likeness (QED) is 0.924. The highest BCUT2D eigenvalue weighted by Gasteiger charge is 2.41. The molecule has 5 nitrogen and oxygen atoms in total. The summed E-state index contributed by atoms with van der Waals surface area (Å²) in [4.78, 5) is 21.8. The van der Waals surface area contributed by atoms with Crippen molar-refractivity contribution in [2.24, 2.45) is 5.92 Å². The standard InChI is InChI=1S/C14H22N4OS/c1-3-17(4-2)14-16-12(15)11(20-14)13(19)18-8-9-5-6-10(18)7-9/h9-10H,3-8,15H2,1-2H3. The van der Waals surface area contributed by atoms with Crippen LogP contribution in [-0.2, 0) is 0 Å². The average molecular weight is 294 g/mol. The van der Waals surface area contributed by atoms with Gasteiger partial charge in [0.1, 0.15) is 10.7 Å². The van der Waals surface area contributed by atoms with Crippen LogP contribution >= 0.6 is 11.3 Å². The van der Waals surface area contributed by atoms with Gasteiger partial charge in [0, 0.05) is 25.7 Å². The molecular weight excluding hydrogens is 272 g/mol. The van der Waals surface area contributed by atoms with Gasteiger partial charge in [-0.25, -0.2) is 4.98 Å². The molecule has 1 saturated carbocycles. The summed E-state index contributed by atoms with van der Waals surface area (Å²) < 4.78 is 0. The lowest BCUT2D eigenvalue weighted by atomic mass is 10.1. The number of nitrogens with zero attached hydrogens (tertiary/aromatic N) is 3. The van der Waals surface area contributed by atoms with Gasteiger partial charge in [-0.1, -0.05) is 11.3 Å².